The van der Waals surface area contributed by atoms with Crippen molar-refractivity contribution >= 4 is 35.8 Å². The van der Waals surface area contributed by atoms with Gasteiger partial charge in [-0.05, 0) is 18.9 Å². The third-order valence-corrected chi connectivity index (χ3v) is 3.66. The van der Waals surface area contributed by atoms with E-state index in [4.69, 9.17) is 4.74 Å². The summed E-state index contributed by atoms with van der Waals surface area (Å²) < 4.78 is 5.64. The lowest BCUT2D eigenvalue weighted by Gasteiger charge is -2.14. The SMILES string of the molecule is C=CCOc1ccccc1CNC(=NC)NCCNC(=O)C1CC1.I. The van der Waals surface area contributed by atoms with Crippen LogP contribution in [0.25, 0.3) is 0 Å². The summed E-state index contributed by atoms with van der Waals surface area (Å²) in [7, 11) is 1.72. The molecule has 0 spiro atoms. The number of halogens is 1. The summed E-state index contributed by atoms with van der Waals surface area (Å²) in [6.45, 7) is 5.96. The summed E-state index contributed by atoms with van der Waals surface area (Å²) in [4.78, 5) is 15.7. The fourth-order valence-electron chi connectivity index (χ4n) is 2.20. The fraction of sp³-hybridized carbons (Fsp3) is 0.444. The van der Waals surface area contributed by atoms with E-state index in [1.807, 2.05) is 24.3 Å². The molecule has 0 bridgehead atoms. The largest absolute Gasteiger partial charge is 0.489 e. The van der Waals surface area contributed by atoms with E-state index in [1.165, 1.54) is 0 Å². The van der Waals surface area contributed by atoms with Crippen LogP contribution in [0.15, 0.2) is 41.9 Å². The van der Waals surface area contributed by atoms with Gasteiger partial charge in [0.25, 0.3) is 0 Å². The first kappa shape index (κ1) is 21.3. The first-order valence-electron chi connectivity index (χ1n) is 8.28. The Bertz CT molecular complexity index is 588. The van der Waals surface area contributed by atoms with Crippen molar-refractivity contribution in [2.45, 2.75) is 19.4 Å². The molecule has 1 aromatic carbocycles. The van der Waals surface area contributed by atoms with Gasteiger partial charge in [-0.1, -0.05) is 30.9 Å². The van der Waals surface area contributed by atoms with Crippen LogP contribution < -0.4 is 20.7 Å². The van der Waals surface area contributed by atoms with Crippen LogP contribution >= 0.6 is 24.0 Å². The summed E-state index contributed by atoms with van der Waals surface area (Å²) in [5.74, 6) is 1.92. The quantitative estimate of drug-likeness (QED) is 0.174. The smallest absolute Gasteiger partial charge is 0.223 e. The van der Waals surface area contributed by atoms with Gasteiger partial charge in [0.1, 0.15) is 12.4 Å². The number of nitrogens with zero attached hydrogens (tertiary/aromatic N) is 1. The Labute approximate surface area is 166 Å². The monoisotopic (exact) mass is 458 g/mol. The van der Waals surface area contributed by atoms with E-state index in [0.717, 1.165) is 24.2 Å². The van der Waals surface area contributed by atoms with Crippen LogP contribution in [0.2, 0.25) is 0 Å². The van der Waals surface area contributed by atoms with E-state index < -0.39 is 0 Å². The first-order chi connectivity index (χ1) is 11.7. The molecule has 6 nitrogen and oxygen atoms in total. The summed E-state index contributed by atoms with van der Waals surface area (Å²) in [6.07, 6.45) is 3.77. The van der Waals surface area contributed by atoms with Crippen LogP contribution in [-0.2, 0) is 11.3 Å². The second kappa shape index (κ2) is 11.7. The van der Waals surface area contributed by atoms with Gasteiger partial charge in [-0.2, -0.15) is 0 Å². The number of nitrogens with one attached hydrogen (secondary N) is 3. The molecule has 1 saturated carbocycles. The van der Waals surface area contributed by atoms with Crippen molar-refractivity contribution < 1.29 is 9.53 Å². The maximum absolute atomic E-state index is 11.5. The van der Waals surface area contributed by atoms with Crippen LogP contribution in [0.1, 0.15) is 18.4 Å². The lowest BCUT2D eigenvalue weighted by Crippen LogP contribution is -2.41. The van der Waals surface area contributed by atoms with E-state index in [-0.39, 0.29) is 35.8 Å². The standard InChI is InChI=1S/C18H26N4O2.HI/c1-3-12-24-16-7-5-4-6-15(16)13-22-18(19-2)21-11-10-20-17(23)14-8-9-14;/h3-7,14H,1,8-13H2,2H3,(H,20,23)(H2,19,21,22);1H. The van der Waals surface area contributed by atoms with Gasteiger partial charge in [0.05, 0.1) is 0 Å². The van der Waals surface area contributed by atoms with Crippen molar-refractivity contribution in [3.63, 3.8) is 0 Å². The van der Waals surface area contributed by atoms with Crippen LogP contribution in [0.5, 0.6) is 5.75 Å². The summed E-state index contributed by atoms with van der Waals surface area (Å²) >= 11 is 0. The fourth-order valence-corrected chi connectivity index (χ4v) is 2.20. The average molecular weight is 458 g/mol. The molecule has 1 aliphatic rings. The van der Waals surface area contributed by atoms with Gasteiger partial charge < -0.3 is 20.7 Å². The van der Waals surface area contributed by atoms with Crippen molar-refractivity contribution in [1.82, 2.24) is 16.0 Å². The number of hydrogen-bond acceptors (Lipinski definition) is 3. The second-order valence-electron chi connectivity index (χ2n) is 5.63. The average Bonchev–Trinajstić information content (AvgIpc) is 3.45. The van der Waals surface area contributed by atoms with E-state index in [2.05, 4.69) is 27.5 Å². The molecule has 0 aliphatic heterocycles. The van der Waals surface area contributed by atoms with Gasteiger partial charge in [0.2, 0.25) is 5.91 Å². The molecule has 3 N–H and O–H groups in total. The number of benzene rings is 1. The topological polar surface area (TPSA) is 74.8 Å². The van der Waals surface area contributed by atoms with E-state index in [0.29, 0.717) is 32.2 Å². The zero-order valence-corrected chi connectivity index (χ0v) is 16.9. The molecular formula is C18H27IN4O2. The van der Waals surface area contributed by atoms with Gasteiger partial charge in [-0.15, -0.1) is 24.0 Å². The molecule has 7 heteroatoms. The molecule has 138 valence electrons. The number of carbonyl (C=O) groups excluding carboxylic acids is 1. The zero-order valence-electron chi connectivity index (χ0n) is 14.6. The molecule has 25 heavy (non-hydrogen) atoms. The third-order valence-electron chi connectivity index (χ3n) is 3.66. The highest BCUT2D eigenvalue weighted by Crippen LogP contribution is 2.28. The number of ether oxygens (including phenoxy) is 1. The Balaban J connectivity index is 0.00000312. The Morgan fingerprint density at radius 3 is 2.68 bits per heavy atom. The minimum absolute atomic E-state index is 0. The second-order valence-corrected chi connectivity index (χ2v) is 5.63. The predicted octanol–water partition coefficient (Wildman–Crippen LogP) is 2.06. The third kappa shape index (κ3) is 7.76. The predicted molar refractivity (Wildman–Crippen MR) is 111 cm³/mol. The molecule has 0 aromatic heterocycles. The Morgan fingerprint density at radius 1 is 1.28 bits per heavy atom. The highest BCUT2D eigenvalue weighted by atomic mass is 127. The van der Waals surface area contributed by atoms with E-state index in [1.54, 1.807) is 13.1 Å². The zero-order chi connectivity index (χ0) is 17.2. The maximum atomic E-state index is 11.5. The number of aliphatic imine (C=N–C) groups is 1. The summed E-state index contributed by atoms with van der Waals surface area (Å²) in [5, 5.41) is 9.35. The molecule has 0 unspecified atom stereocenters. The van der Waals surface area contributed by atoms with Gasteiger partial charge in [-0.25, -0.2) is 0 Å². The normalized spacial score (nSPS) is 13.4. The van der Waals surface area contributed by atoms with Crippen molar-refractivity contribution in [2.75, 3.05) is 26.7 Å². The minimum Gasteiger partial charge on any atom is -0.489 e. The number of carbonyl (C=O) groups is 1. The number of hydrogen-bond donors (Lipinski definition) is 3. The molecule has 0 saturated heterocycles. The first-order valence-corrected chi connectivity index (χ1v) is 8.28. The highest BCUT2D eigenvalue weighted by Gasteiger charge is 2.28. The molecule has 1 aliphatic carbocycles. The molecule has 0 radical (unpaired) electrons. The van der Waals surface area contributed by atoms with Crippen molar-refractivity contribution in [2.24, 2.45) is 10.9 Å². The lowest BCUT2D eigenvalue weighted by atomic mass is 10.2. The maximum Gasteiger partial charge on any atom is 0.223 e. The van der Waals surface area contributed by atoms with Crippen molar-refractivity contribution in [3.05, 3.63) is 42.5 Å². The van der Waals surface area contributed by atoms with E-state index in [9.17, 15) is 4.79 Å². The molecule has 2 rings (SSSR count). The number of amides is 1. The molecular weight excluding hydrogens is 431 g/mol. The van der Waals surface area contributed by atoms with Crippen molar-refractivity contribution in [1.29, 1.82) is 0 Å². The molecule has 1 fully saturated rings. The van der Waals surface area contributed by atoms with Gasteiger partial charge in [-0.3, -0.25) is 9.79 Å². The highest BCUT2D eigenvalue weighted by molar-refractivity contribution is 14.0. The van der Waals surface area contributed by atoms with Gasteiger partial charge in [0, 0.05) is 38.2 Å². The molecule has 0 atom stereocenters. The van der Waals surface area contributed by atoms with Crippen molar-refractivity contribution in [3.8, 4) is 5.75 Å². The number of rotatable bonds is 9. The molecule has 1 aromatic rings. The minimum atomic E-state index is 0. The van der Waals surface area contributed by atoms with Gasteiger partial charge in [0.15, 0.2) is 5.96 Å². The van der Waals surface area contributed by atoms with Crippen LogP contribution in [-0.4, -0.2) is 38.6 Å². The summed E-state index contributed by atoms with van der Waals surface area (Å²) in [5.41, 5.74) is 1.05. The summed E-state index contributed by atoms with van der Waals surface area (Å²) in [6, 6.07) is 7.86. The van der Waals surface area contributed by atoms with Gasteiger partial charge >= 0.3 is 0 Å². The molecule has 1 amide bonds. The van der Waals surface area contributed by atoms with E-state index >= 15 is 0 Å². The Kier molecular flexibility index (Phi) is 9.98. The number of para-hydroxylation sites is 1. The molecule has 0 heterocycles. The lowest BCUT2D eigenvalue weighted by molar-refractivity contribution is -0.122. The Hall–Kier alpha value is -1.77. The number of guanidine groups is 1. The Morgan fingerprint density at radius 2 is 2.00 bits per heavy atom. The van der Waals surface area contributed by atoms with Crippen LogP contribution in [0.3, 0.4) is 0 Å². The van der Waals surface area contributed by atoms with Crippen LogP contribution in [0, 0.1) is 5.92 Å². The van der Waals surface area contributed by atoms with Crippen LogP contribution in [0.4, 0.5) is 0 Å².